The van der Waals surface area contributed by atoms with Gasteiger partial charge in [0.15, 0.2) is 0 Å². The van der Waals surface area contributed by atoms with E-state index in [1.165, 1.54) is 5.56 Å². The number of nitrogen functional groups attached to an aromatic ring is 1. The van der Waals surface area contributed by atoms with Crippen LogP contribution in [0.25, 0.3) is 0 Å². The SMILES string of the molecule is N=C(N)c1cccc(N2CCC(c3ccccc3)C2)n1. The van der Waals surface area contributed by atoms with Gasteiger partial charge in [-0.3, -0.25) is 5.41 Å². The minimum atomic E-state index is 0.0191. The van der Waals surface area contributed by atoms with Gasteiger partial charge >= 0.3 is 0 Å². The van der Waals surface area contributed by atoms with E-state index in [1.54, 1.807) is 6.07 Å². The molecule has 1 unspecified atom stereocenters. The number of aromatic nitrogens is 1. The minimum absolute atomic E-state index is 0.0191. The van der Waals surface area contributed by atoms with Crippen molar-refractivity contribution in [1.82, 2.24) is 4.98 Å². The lowest BCUT2D eigenvalue weighted by molar-refractivity contribution is 0.774. The summed E-state index contributed by atoms with van der Waals surface area (Å²) in [7, 11) is 0. The van der Waals surface area contributed by atoms with Crippen molar-refractivity contribution in [3.8, 4) is 0 Å². The Kier molecular flexibility index (Phi) is 3.37. The first-order chi connectivity index (χ1) is 9.74. The normalized spacial score (nSPS) is 18.2. The summed E-state index contributed by atoms with van der Waals surface area (Å²) < 4.78 is 0. The summed E-state index contributed by atoms with van der Waals surface area (Å²) in [4.78, 5) is 6.73. The van der Waals surface area contributed by atoms with Crippen LogP contribution in [-0.2, 0) is 0 Å². The predicted octanol–water partition coefficient (Wildman–Crippen LogP) is 2.36. The van der Waals surface area contributed by atoms with E-state index in [4.69, 9.17) is 11.1 Å². The van der Waals surface area contributed by atoms with E-state index in [9.17, 15) is 0 Å². The number of hydrogen-bond acceptors (Lipinski definition) is 3. The Morgan fingerprint density at radius 2 is 1.95 bits per heavy atom. The van der Waals surface area contributed by atoms with Gasteiger partial charge in [-0.2, -0.15) is 0 Å². The first-order valence-electron chi connectivity index (χ1n) is 6.85. The zero-order valence-electron chi connectivity index (χ0n) is 11.3. The van der Waals surface area contributed by atoms with Gasteiger partial charge in [0.2, 0.25) is 0 Å². The Hall–Kier alpha value is -2.36. The molecule has 1 aromatic carbocycles. The van der Waals surface area contributed by atoms with E-state index in [0.29, 0.717) is 11.6 Å². The van der Waals surface area contributed by atoms with E-state index >= 15 is 0 Å². The number of pyridine rings is 1. The molecule has 1 aromatic heterocycles. The van der Waals surface area contributed by atoms with Gasteiger partial charge in [0.1, 0.15) is 17.3 Å². The topological polar surface area (TPSA) is 66.0 Å². The quantitative estimate of drug-likeness (QED) is 0.662. The van der Waals surface area contributed by atoms with Crippen LogP contribution in [0.2, 0.25) is 0 Å². The van der Waals surface area contributed by atoms with E-state index in [1.807, 2.05) is 18.2 Å². The van der Waals surface area contributed by atoms with Crippen molar-refractivity contribution in [3.05, 3.63) is 59.8 Å². The van der Waals surface area contributed by atoms with Gasteiger partial charge in [0.25, 0.3) is 0 Å². The minimum Gasteiger partial charge on any atom is -0.382 e. The summed E-state index contributed by atoms with van der Waals surface area (Å²) in [5.74, 6) is 1.49. The van der Waals surface area contributed by atoms with E-state index in [2.05, 4.69) is 34.1 Å². The Morgan fingerprint density at radius 1 is 1.15 bits per heavy atom. The zero-order valence-corrected chi connectivity index (χ0v) is 11.3. The number of nitrogens with two attached hydrogens (primary N) is 1. The van der Waals surface area contributed by atoms with Crippen molar-refractivity contribution in [3.63, 3.8) is 0 Å². The van der Waals surface area contributed by atoms with E-state index in [-0.39, 0.29) is 5.84 Å². The number of hydrogen-bond donors (Lipinski definition) is 2. The molecule has 1 saturated heterocycles. The van der Waals surface area contributed by atoms with Crippen molar-refractivity contribution in [2.45, 2.75) is 12.3 Å². The maximum atomic E-state index is 7.47. The molecule has 0 spiro atoms. The number of rotatable bonds is 3. The largest absolute Gasteiger partial charge is 0.382 e. The highest BCUT2D eigenvalue weighted by atomic mass is 15.2. The standard InChI is InChI=1S/C16H18N4/c17-16(18)14-7-4-8-15(19-14)20-10-9-13(11-20)12-5-2-1-3-6-12/h1-8,13H,9-11H2,(H3,17,18). The number of anilines is 1. The summed E-state index contributed by atoms with van der Waals surface area (Å²) in [6.07, 6.45) is 1.13. The highest BCUT2D eigenvalue weighted by molar-refractivity contribution is 5.93. The highest BCUT2D eigenvalue weighted by Crippen LogP contribution is 2.29. The summed E-state index contributed by atoms with van der Waals surface area (Å²) in [6, 6.07) is 16.3. The molecular weight excluding hydrogens is 248 g/mol. The number of benzene rings is 1. The molecule has 3 N–H and O–H groups in total. The van der Waals surface area contributed by atoms with Crippen molar-refractivity contribution in [2.24, 2.45) is 5.73 Å². The molecule has 1 aliphatic heterocycles. The average Bonchev–Trinajstić information content (AvgIpc) is 2.98. The second-order valence-electron chi connectivity index (χ2n) is 5.14. The lowest BCUT2D eigenvalue weighted by atomic mass is 9.99. The molecule has 102 valence electrons. The summed E-state index contributed by atoms with van der Waals surface area (Å²) in [5, 5.41) is 7.47. The van der Waals surface area contributed by atoms with Crippen LogP contribution in [-0.4, -0.2) is 23.9 Å². The zero-order chi connectivity index (χ0) is 13.9. The van der Waals surface area contributed by atoms with Gasteiger partial charge in [-0.15, -0.1) is 0 Å². The third-order valence-corrected chi connectivity index (χ3v) is 3.79. The first-order valence-corrected chi connectivity index (χ1v) is 6.85. The highest BCUT2D eigenvalue weighted by Gasteiger charge is 2.24. The second kappa shape index (κ2) is 5.33. The predicted molar refractivity (Wildman–Crippen MR) is 81.3 cm³/mol. The molecule has 1 atom stereocenters. The molecule has 0 bridgehead atoms. The summed E-state index contributed by atoms with van der Waals surface area (Å²) in [5.41, 5.74) is 7.44. The van der Waals surface area contributed by atoms with Gasteiger partial charge in [0, 0.05) is 19.0 Å². The maximum absolute atomic E-state index is 7.47. The molecule has 3 rings (SSSR count). The monoisotopic (exact) mass is 266 g/mol. The van der Waals surface area contributed by atoms with Crippen LogP contribution >= 0.6 is 0 Å². The van der Waals surface area contributed by atoms with Crippen molar-refractivity contribution in [2.75, 3.05) is 18.0 Å². The smallest absolute Gasteiger partial charge is 0.141 e. The fourth-order valence-corrected chi connectivity index (χ4v) is 2.72. The van der Waals surface area contributed by atoms with Crippen molar-refractivity contribution >= 4 is 11.7 Å². The molecule has 0 saturated carbocycles. The molecule has 0 aliphatic carbocycles. The van der Waals surface area contributed by atoms with Crippen LogP contribution in [0.5, 0.6) is 0 Å². The van der Waals surface area contributed by atoms with Crippen LogP contribution in [0, 0.1) is 5.41 Å². The first kappa shape index (κ1) is 12.7. The van der Waals surface area contributed by atoms with Crippen LogP contribution in [0.15, 0.2) is 48.5 Å². The molecule has 0 amide bonds. The van der Waals surface area contributed by atoms with E-state index in [0.717, 1.165) is 25.3 Å². The molecular formula is C16H18N4. The molecule has 1 aliphatic rings. The lowest BCUT2D eigenvalue weighted by Crippen LogP contribution is -2.22. The molecule has 20 heavy (non-hydrogen) atoms. The fraction of sp³-hybridized carbons (Fsp3) is 0.250. The molecule has 1 fully saturated rings. The van der Waals surface area contributed by atoms with Crippen LogP contribution in [0.4, 0.5) is 5.82 Å². The molecule has 2 heterocycles. The van der Waals surface area contributed by atoms with Crippen molar-refractivity contribution < 1.29 is 0 Å². The van der Waals surface area contributed by atoms with Gasteiger partial charge in [-0.25, -0.2) is 4.98 Å². The summed E-state index contributed by atoms with van der Waals surface area (Å²) in [6.45, 7) is 1.96. The average molecular weight is 266 g/mol. The number of nitrogens with zero attached hydrogens (tertiary/aromatic N) is 2. The Balaban J connectivity index is 1.77. The Morgan fingerprint density at radius 3 is 2.70 bits per heavy atom. The second-order valence-corrected chi connectivity index (χ2v) is 5.14. The number of nitrogens with one attached hydrogen (secondary N) is 1. The third kappa shape index (κ3) is 2.50. The van der Waals surface area contributed by atoms with Crippen molar-refractivity contribution in [1.29, 1.82) is 5.41 Å². The molecule has 0 radical (unpaired) electrons. The van der Waals surface area contributed by atoms with Gasteiger partial charge in [0.05, 0.1) is 0 Å². The summed E-state index contributed by atoms with van der Waals surface area (Å²) >= 11 is 0. The van der Waals surface area contributed by atoms with Gasteiger partial charge < -0.3 is 10.6 Å². The lowest BCUT2D eigenvalue weighted by Gasteiger charge is -2.18. The van der Waals surface area contributed by atoms with Crippen LogP contribution in [0.1, 0.15) is 23.6 Å². The Bertz CT molecular complexity index is 609. The van der Waals surface area contributed by atoms with Gasteiger partial charge in [-0.1, -0.05) is 36.4 Å². The molecule has 4 nitrogen and oxygen atoms in total. The van der Waals surface area contributed by atoms with E-state index < -0.39 is 0 Å². The fourth-order valence-electron chi connectivity index (χ4n) is 2.72. The third-order valence-electron chi connectivity index (χ3n) is 3.79. The Labute approximate surface area is 118 Å². The maximum Gasteiger partial charge on any atom is 0.141 e. The number of amidine groups is 1. The molecule has 2 aromatic rings. The van der Waals surface area contributed by atoms with Gasteiger partial charge in [-0.05, 0) is 24.1 Å². The van der Waals surface area contributed by atoms with Crippen LogP contribution < -0.4 is 10.6 Å². The molecule has 4 heteroatoms. The van der Waals surface area contributed by atoms with Crippen LogP contribution in [0.3, 0.4) is 0 Å².